The molecular weight excluding hydrogens is 344 g/mol. The fourth-order valence-corrected chi connectivity index (χ4v) is 3.77. The van der Waals surface area contributed by atoms with Crippen LogP contribution in [0.1, 0.15) is 32.4 Å². The summed E-state index contributed by atoms with van der Waals surface area (Å²) in [6, 6.07) is 4.44. The van der Waals surface area contributed by atoms with E-state index in [2.05, 4.69) is 53.0 Å². The van der Waals surface area contributed by atoms with Crippen molar-refractivity contribution in [1.82, 2.24) is 10.2 Å². The van der Waals surface area contributed by atoms with Gasteiger partial charge in [0.1, 0.15) is 0 Å². The molecule has 2 rings (SSSR count). The van der Waals surface area contributed by atoms with Gasteiger partial charge in [0.15, 0.2) is 11.5 Å². The van der Waals surface area contributed by atoms with Crippen LogP contribution < -0.4 is 14.8 Å². The van der Waals surface area contributed by atoms with Gasteiger partial charge in [-0.15, -0.1) is 0 Å². The standard InChI is InChI=1S/C17H27BrN2O2/c1-17(2,3)16(20-8-6-19-7-9-20)12-10-14(21-4)15(22-5)11-13(12)18/h10-11,16,19H,6-9H2,1-5H3/t16-/m0/s1. The highest BCUT2D eigenvalue weighted by Crippen LogP contribution is 2.44. The molecule has 4 nitrogen and oxygen atoms in total. The van der Waals surface area contributed by atoms with Crippen LogP contribution in [0.4, 0.5) is 0 Å². The van der Waals surface area contributed by atoms with Gasteiger partial charge in [-0.3, -0.25) is 4.90 Å². The summed E-state index contributed by atoms with van der Waals surface area (Å²) in [4.78, 5) is 2.56. The minimum absolute atomic E-state index is 0.124. The third-order valence-electron chi connectivity index (χ3n) is 4.13. The number of hydrogen-bond acceptors (Lipinski definition) is 4. The highest BCUT2D eigenvalue weighted by atomic mass is 79.9. The number of nitrogens with zero attached hydrogens (tertiary/aromatic N) is 1. The van der Waals surface area contributed by atoms with Crippen molar-refractivity contribution in [2.45, 2.75) is 26.8 Å². The number of ether oxygens (including phenoxy) is 2. The largest absolute Gasteiger partial charge is 0.493 e. The molecule has 124 valence electrons. The van der Waals surface area contributed by atoms with Crippen LogP contribution in [0.25, 0.3) is 0 Å². The summed E-state index contributed by atoms with van der Waals surface area (Å²) >= 11 is 3.73. The highest BCUT2D eigenvalue weighted by Gasteiger charge is 2.34. The van der Waals surface area contributed by atoms with Crippen LogP contribution >= 0.6 is 15.9 Å². The van der Waals surface area contributed by atoms with Crippen LogP contribution in [0.2, 0.25) is 0 Å². The van der Waals surface area contributed by atoms with Crippen molar-refractivity contribution in [3.8, 4) is 11.5 Å². The zero-order chi connectivity index (χ0) is 16.3. The molecule has 1 heterocycles. The van der Waals surface area contributed by atoms with E-state index < -0.39 is 0 Å². The van der Waals surface area contributed by atoms with Crippen LogP contribution in [-0.4, -0.2) is 45.3 Å². The molecule has 0 radical (unpaired) electrons. The maximum Gasteiger partial charge on any atom is 0.161 e. The fourth-order valence-electron chi connectivity index (χ4n) is 3.23. The molecule has 1 N–H and O–H groups in total. The van der Waals surface area contributed by atoms with Gasteiger partial charge in [-0.05, 0) is 23.1 Å². The molecular formula is C17H27BrN2O2. The van der Waals surface area contributed by atoms with Gasteiger partial charge in [0.25, 0.3) is 0 Å². The molecule has 1 aliphatic heterocycles. The highest BCUT2D eigenvalue weighted by molar-refractivity contribution is 9.10. The third kappa shape index (κ3) is 3.76. The first-order chi connectivity index (χ1) is 10.4. The summed E-state index contributed by atoms with van der Waals surface area (Å²) in [5, 5.41) is 3.43. The van der Waals surface area contributed by atoms with Crippen molar-refractivity contribution in [2.75, 3.05) is 40.4 Å². The summed E-state index contributed by atoms with van der Waals surface area (Å²) in [5.41, 5.74) is 1.38. The van der Waals surface area contributed by atoms with E-state index in [1.165, 1.54) is 5.56 Å². The summed E-state index contributed by atoms with van der Waals surface area (Å²) in [6.07, 6.45) is 0. The lowest BCUT2D eigenvalue weighted by Gasteiger charge is -2.43. The van der Waals surface area contributed by atoms with Crippen molar-refractivity contribution in [1.29, 1.82) is 0 Å². The van der Waals surface area contributed by atoms with E-state index >= 15 is 0 Å². The molecule has 1 atom stereocenters. The average Bonchev–Trinajstić information content (AvgIpc) is 2.48. The molecule has 1 saturated heterocycles. The molecule has 0 aromatic heterocycles. The average molecular weight is 371 g/mol. The number of methoxy groups -OCH3 is 2. The van der Waals surface area contributed by atoms with Crippen LogP contribution in [-0.2, 0) is 0 Å². The van der Waals surface area contributed by atoms with E-state index in [1.54, 1.807) is 14.2 Å². The second-order valence-electron chi connectivity index (χ2n) is 6.78. The Morgan fingerprint density at radius 2 is 1.64 bits per heavy atom. The zero-order valence-corrected chi connectivity index (χ0v) is 15.8. The molecule has 1 aromatic rings. The van der Waals surface area contributed by atoms with Crippen molar-refractivity contribution in [3.63, 3.8) is 0 Å². The lowest BCUT2D eigenvalue weighted by atomic mass is 9.81. The van der Waals surface area contributed by atoms with Gasteiger partial charge < -0.3 is 14.8 Å². The van der Waals surface area contributed by atoms with E-state index in [1.807, 2.05) is 6.07 Å². The predicted octanol–water partition coefficient (Wildman–Crippen LogP) is 3.46. The van der Waals surface area contributed by atoms with Crippen LogP contribution in [0.5, 0.6) is 11.5 Å². The van der Waals surface area contributed by atoms with Crippen molar-refractivity contribution >= 4 is 15.9 Å². The molecule has 1 aliphatic rings. The molecule has 0 amide bonds. The van der Waals surface area contributed by atoms with Crippen molar-refractivity contribution in [3.05, 3.63) is 22.2 Å². The zero-order valence-electron chi connectivity index (χ0n) is 14.2. The Morgan fingerprint density at radius 3 is 2.14 bits per heavy atom. The van der Waals surface area contributed by atoms with Gasteiger partial charge in [-0.25, -0.2) is 0 Å². The number of halogens is 1. The Kier molecular flexibility index (Phi) is 5.75. The molecule has 0 aliphatic carbocycles. The van der Waals surface area contributed by atoms with Crippen molar-refractivity contribution in [2.24, 2.45) is 5.41 Å². The minimum atomic E-state index is 0.124. The van der Waals surface area contributed by atoms with Gasteiger partial charge in [0, 0.05) is 36.7 Å². The predicted molar refractivity (Wildman–Crippen MR) is 93.9 cm³/mol. The second-order valence-corrected chi connectivity index (χ2v) is 7.64. The van der Waals surface area contributed by atoms with E-state index in [9.17, 15) is 0 Å². The first kappa shape index (κ1) is 17.6. The molecule has 0 spiro atoms. The summed E-state index contributed by atoms with van der Waals surface area (Å²) < 4.78 is 12.0. The monoisotopic (exact) mass is 370 g/mol. The molecule has 0 unspecified atom stereocenters. The molecule has 1 fully saturated rings. The molecule has 0 bridgehead atoms. The topological polar surface area (TPSA) is 33.7 Å². The van der Waals surface area contributed by atoms with Gasteiger partial charge in [-0.2, -0.15) is 0 Å². The normalized spacial score (nSPS) is 18.1. The van der Waals surface area contributed by atoms with E-state index in [0.717, 1.165) is 42.2 Å². The first-order valence-corrected chi connectivity index (χ1v) is 8.54. The number of hydrogen-bond donors (Lipinski definition) is 1. The van der Waals surface area contributed by atoms with Gasteiger partial charge in [0.05, 0.1) is 14.2 Å². The Labute approximate surface area is 142 Å². The van der Waals surface area contributed by atoms with Gasteiger partial charge >= 0.3 is 0 Å². The number of nitrogens with one attached hydrogen (secondary N) is 1. The molecule has 1 aromatic carbocycles. The number of piperazine rings is 1. The second kappa shape index (κ2) is 7.20. The Bertz CT molecular complexity index is 508. The Hall–Kier alpha value is -0.780. The van der Waals surface area contributed by atoms with Crippen LogP contribution in [0.3, 0.4) is 0 Å². The maximum atomic E-state index is 5.51. The lowest BCUT2D eigenvalue weighted by Crippen LogP contribution is -2.48. The summed E-state index contributed by atoms with van der Waals surface area (Å²) in [7, 11) is 3.36. The SMILES string of the molecule is COc1cc(Br)c([C@H](N2CCNCC2)C(C)(C)C)cc1OC. The maximum absolute atomic E-state index is 5.51. The third-order valence-corrected chi connectivity index (χ3v) is 4.82. The van der Waals surface area contributed by atoms with Crippen LogP contribution in [0.15, 0.2) is 16.6 Å². The minimum Gasteiger partial charge on any atom is -0.493 e. The summed E-state index contributed by atoms with van der Waals surface area (Å²) in [5.74, 6) is 1.54. The van der Waals surface area contributed by atoms with E-state index in [0.29, 0.717) is 6.04 Å². The molecule has 0 saturated carbocycles. The lowest BCUT2D eigenvalue weighted by molar-refractivity contribution is 0.0855. The number of rotatable bonds is 4. The molecule has 22 heavy (non-hydrogen) atoms. The quantitative estimate of drug-likeness (QED) is 0.879. The van der Waals surface area contributed by atoms with Gasteiger partial charge in [-0.1, -0.05) is 36.7 Å². The fraction of sp³-hybridized carbons (Fsp3) is 0.647. The first-order valence-electron chi connectivity index (χ1n) is 7.74. The smallest absolute Gasteiger partial charge is 0.161 e. The Balaban J connectivity index is 2.47. The van der Waals surface area contributed by atoms with Crippen molar-refractivity contribution < 1.29 is 9.47 Å². The van der Waals surface area contributed by atoms with Gasteiger partial charge in [0.2, 0.25) is 0 Å². The molecule has 5 heteroatoms. The summed E-state index contributed by atoms with van der Waals surface area (Å²) in [6.45, 7) is 11.1. The Morgan fingerprint density at radius 1 is 1.09 bits per heavy atom. The van der Waals surface area contributed by atoms with E-state index in [-0.39, 0.29) is 5.41 Å². The number of benzene rings is 1. The van der Waals surface area contributed by atoms with E-state index in [4.69, 9.17) is 9.47 Å². The van der Waals surface area contributed by atoms with Crippen LogP contribution in [0, 0.1) is 5.41 Å².